The Labute approximate surface area is 94.2 Å². The predicted molar refractivity (Wildman–Crippen MR) is 67.9 cm³/mol. The van der Waals surface area contributed by atoms with Crippen LogP contribution in [0, 0.1) is 0 Å². The van der Waals surface area contributed by atoms with E-state index >= 15 is 0 Å². The van der Waals surface area contributed by atoms with E-state index in [1.165, 1.54) is 5.57 Å². The van der Waals surface area contributed by atoms with Crippen molar-refractivity contribution < 1.29 is 5.11 Å². The summed E-state index contributed by atoms with van der Waals surface area (Å²) in [5.74, 6) is 0. The summed E-state index contributed by atoms with van der Waals surface area (Å²) in [7, 11) is 0. The molecule has 1 unspecified atom stereocenters. The molecule has 0 aromatic heterocycles. The molecule has 0 aliphatic heterocycles. The van der Waals surface area contributed by atoms with Crippen molar-refractivity contribution >= 4 is 0 Å². The van der Waals surface area contributed by atoms with Crippen LogP contribution in [0.4, 0.5) is 0 Å². The molecule has 1 atom stereocenters. The minimum atomic E-state index is -0.114. The molecule has 0 saturated heterocycles. The third kappa shape index (κ3) is 8.19. The molecule has 0 amide bonds. The minimum Gasteiger partial charge on any atom is -0.393 e. The van der Waals surface area contributed by atoms with Crippen LogP contribution in [0.1, 0.15) is 46.0 Å². The minimum absolute atomic E-state index is 0.114. The molecule has 0 aliphatic rings. The molecule has 1 nitrogen and oxygen atoms in total. The van der Waals surface area contributed by atoms with Gasteiger partial charge < -0.3 is 5.11 Å². The normalized spacial score (nSPS) is 14.5. The average Bonchev–Trinajstić information content (AvgIpc) is 2.23. The van der Waals surface area contributed by atoms with Gasteiger partial charge >= 0.3 is 0 Å². The Morgan fingerprint density at radius 2 is 2.13 bits per heavy atom. The lowest BCUT2D eigenvalue weighted by molar-refractivity contribution is 0.151. The van der Waals surface area contributed by atoms with Crippen molar-refractivity contribution in [1.29, 1.82) is 0 Å². The zero-order chi connectivity index (χ0) is 11.5. The van der Waals surface area contributed by atoms with Crippen molar-refractivity contribution in [3.8, 4) is 0 Å². The lowest BCUT2D eigenvalue weighted by Gasteiger charge is -2.08. The molecule has 0 aromatic rings. The summed E-state index contributed by atoms with van der Waals surface area (Å²) in [6, 6.07) is 0. The molecule has 0 aromatic carbocycles. The van der Waals surface area contributed by atoms with Gasteiger partial charge in [0, 0.05) is 0 Å². The van der Waals surface area contributed by atoms with Crippen molar-refractivity contribution in [2.75, 3.05) is 0 Å². The van der Waals surface area contributed by atoms with E-state index in [-0.39, 0.29) is 6.10 Å². The van der Waals surface area contributed by atoms with Crippen LogP contribution in [-0.4, -0.2) is 11.2 Å². The van der Waals surface area contributed by atoms with Crippen LogP contribution in [0.3, 0.4) is 0 Å². The lowest BCUT2D eigenvalue weighted by atomic mass is 10.0. The van der Waals surface area contributed by atoms with Crippen molar-refractivity contribution in [3.05, 3.63) is 36.5 Å². The first-order valence-electron chi connectivity index (χ1n) is 5.86. The van der Waals surface area contributed by atoms with E-state index in [1.54, 1.807) is 6.08 Å². The van der Waals surface area contributed by atoms with Gasteiger partial charge in [-0.25, -0.2) is 0 Å². The fourth-order valence-electron chi connectivity index (χ4n) is 1.53. The van der Waals surface area contributed by atoms with Gasteiger partial charge in [0.15, 0.2) is 0 Å². The summed E-state index contributed by atoms with van der Waals surface area (Å²) >= 11 is 0. The fraction of sp³-hybridized carbons (Fsp3) is 0.571. The van der Waals surface area contributed by atoms with E-state index in [2.05, 4.69) is 25.7 Å². The van der Waals surface area contributed by atoms with Crippen LogP contribution in [0.2, 0.25) is 0 Å². The maximum Gasteiger partial charge on any atom is 0.0540 e. The topological polar surface area (TPSA) is 20.2 Å². The first kappa shape index (κ1) is 14.2. The zero-order valence-corrected chi connectivity index (χ0v) is 10.1. The summed E-state index contributed by atoms with van der Waals surface area (Å²) in [6.07, 6.45) is 12.8. The van der Waals surface area contributed by atoms with Crippen molar-refractivity contribution in [2.45, 2.75) is 52.1 Å². The van der Waals surface area contributed by atoms with E-state index in [0.717, 1.165) is 32.1 Å². The highest BCUT2D eigenvalue weighted by Crippen LogP contribution is 2.12. The number of rotatable bonds is 8. The van der Waals surface area contributed by atoms with E-state index in [1.807, 2.05) is 13.0 Å². The molecule has 0 spiro atoms. The maximum absolute atomic E-state index is 9.56. The Morgan fingerprint density at radius 1 is 1.40 bits per heavy atom. The number of aliphatic hydroxyl groups is 1. The summed E-state index contributed by atoms with van der Waals surface area (Å²) in [5.41, 5.74) is 1.32. The van der Waals surface area contributed by atoms with Crippen LogP contribution in [0.15, 0.2) is 36.5 Å². The Kier molecular flexibility index (Phi) is 9.19. The summed E-state index contributed by atoms with van der Waals surface area (Å²) in [6.45, 7) is 7.80. The van der Waals surface area contributed by atoms with E-state index in [4.69, 9.17) is 0 Å². The second-order valence-corrected chi connectivity index (χ2v) is 3.79. The highest BCUT2D eigenvalue weighted by atomic mass is 16.3. The van der Waals surface area contributed by atoms with Crippen LogP contribution in [-0.2, 0) is 0 Å². The largest absolute Gasteiger partial charge is 0.393 e. The van der Waals surface area contributed by atoms with E-state index < -0.39 is 0 Å². The van der Waals surface area contributed by atoms with Gasteiger partial charge in [-0.05, 0) is 32.6 Å². The molecule has 0 rings (SSSR count). The lowest BCUT2D eigenvalue weighted by Crippen LogP contribution is -2.05. The maximum atomic E-state index is 9.56. The van der Waals surface area contributed by atoms with Crippen molar-refractivity contribution in [1.82, 2.24) is 0 Å². The van der Waals surface area contributed by atoms with Gasteiger partial charge in [0.05, 0.1) is 6.10 Å². The van der Waals surface area contributed by atoms with E-state index in [9.17, 15) is 5.11 Å². The molecule has 0 bridgehead atoms. The molecule has 1 heteroatoms. The standard InChI is InChI=1S/C14H24O/c1-4-7-10-13(6-3)11-8-12-14(15)9-5-2/h4,6-7,10,14-15H,1,5,8-9,11-12H2,2-3H3/b10-7-,13-6+. The van der Waals surface area contributed by atoms with Crippen molar-refractivity contribution in [3.63, 3.8) is 0 Å². The Bertz CT molecular complexity index is 213. The third-order valence-electron chi connectivity index (χ3n) is 2.44. The van der Waals surface area contributed by atoms with Gasteiger partial charge in [0.2, 0.25) is 0 Å². The molecule has 15 heavy (non-hydrogen) atoms. The molecular formula is C14H24O. The SMILES string of the molecule is C=C/C=C\C(=C/C)CCCC(O)CCC. The van der Waals surface area contributed by atoms with Crippen LogP contribution in [0.25, 0.3) is 0 Å². The average molecular weight is 208 g/mol. The molecule has 0 saturated carbocycles. The van der Waals surface area contributed by atoms with Gasteiger partial charge in [0.1, 0.15) is 0 Å². The van der Waals surface area contributed by atoms with Gasteiger partial charge in [-0.15, -0.1) is 0 Å². The van der Waals surface area contributed by atoms with Crippen LogP contribution in [0.5, 0.6) is 0 Å². The monoisotopic (exact) mass is 208 g/mol. The van der Waals surface area contributed by atoms with Crippen molar-refractivity contribution in [2.24, 2.45) is 0 Å². The highest BCUT2D eigenvalue weighted by Gasteiger charge is 2.02. The Hall–Kier alpha value is -0.820. The highest BCUT2D eigenvalue weighted by molar-refractivity contribution is 5.20. The van der Waals surface area contributed by atoms with Gasteiger partial charge in [0.25, 0.3) is 0 Å². The van der Waals surface area contributed by atoms with Gasteiger partial charge in [-0.1, -0.05) is 49.8 Å². The van der Waals surface area contributed by atoms with Gasteiger partial charge in [-0.3, -0.25) is 0 Å². The first-order valence-corrected chi connectivity index (χ1v) is 5.86. The zero-order valence-electron chi connectivity index (χ0n) is 10.1. The molecule has 0 aliphatic carbocycles. The van der Waals surface area contributed by atoms with Crippen LogP contribution < -0.4 is 0 Å². The second-order valence-electron chi connectivity index (χ2n) is 3.79. The molecule has 86 valence electrons. The number of hydrogen-bond donors (Lipinski definition) is 1. The molecule has 0 radical (unpaired) electrons. The first-order chi connectivity index (χ1) is 7.24. The third-order valence-corrected chi connectivity index (χ3v) is 2.44. The molecular weight excluding hydrogens is 184 g/mol. The number of aliphatic hydroxyl groups excluding tert-OH is 1. The van der Waals surface area contributed by atoms with Gasteiger partial charge in [-0.2, -0.15) is 0 Å². The Morgan fingerprint density at radius 3 is 2.67 bits per heavy atom. The molecule has 1 N–H and O–H groups in total. The number of hydrogen-bond acceptors (Lipinski definition) is 1. The summed E-state index contributed by atoms with van der Waals surface area (Å²) < 4.78 is 0. The molecule has 0 heterocycles. The summed E-state index contributed by atoms with van der Waals surface area (Å²) in [4.78, 5) is 0. The quantitative estimate of drug-likeness (QED) is 0.598. The van der Waals surface area contributed by atoms with Crippen LogP contribution >= 0.6 is 0 Å². The summed E-state index contributed by atoms with van der Waals surface area (Å²) in [5, 5.41) is 9.56. The number of allylic oxidation sites excluding steroid dienone is 5. The smallest absolute Gasteiger partial charge is 0.0540 e. The fourth-order valence-corrected chi connectivity index (χ4v) is 1.53. The van der Waals surface area contributed by atoms with E-state index in [0.29, 0.717) is 0 Å². The Balaban J connectivity index is 3.73. The second kappa shape index (κ2) is 9.72. The predicted octanol–water partition coefficient (Wildman–Crippen LogP) is 4.01. The molecule has 0 fully saturated rings.